The zero-order chi connectivity index (χ0) is 14.0. The number of ether oxygens (including phenoxy) is 1. The molecule has 0 spiro atoms. The Kier molecular flexibility index (Phi) is 3.81. The van der Waals surface area contributed by atoms with Gasteiger partial charge >= 0.3 is 0 Å². The van der Waals surface area contributed by atoms with Crippen molar-refractivity contribution in [3.8, 4) is 5.75 Å². The molecule has 0 amide bonds. The average Bonchev–Trinajstić information content (AvgIpc) is 2.79. The van der Waals surface area contributed by atoms with Gasteiger partial charge < -0.3 is 9.30 Å². The average molecular weight is 346 g/mol. The van der Waals surface area contributed by atoms with Crippen LogP contribution in [0.4, 0.5) is 5.69 Å². The molecule has 0 saturated carbocycles. The highest BCUT2D eigenvalue weighted by atomic mass is 79.9. The number of hydrogen-bond donors (Lipinski definition) is 1. The quantitative estimate of drug-likeness (QED) is 0.919. The highest BCUT2D eigenvalue weighted by Gasteiger charge is 2.18. The van der Waals surface area contributed by atoms with Gasteiger partial charge in [0.05, 0.1) is 19.1 Å². The van der Waals surface area contributed by atoms with Crippen molar-refractivity contribution in [1.29, 1.82) is 0 Å². The lowest BCUT2D eigenvalue weighted by molar-refractivity contribution is 0.415. The monoisotopic (exact) mass is 345 g/mol. The van der Waals surface area contributed by atoms with Crippen LogP contribution in [0.2, 0.25) is 0 Å². The molecule has 102 valence electrons. The number of halogens is 1. The molecule has 6 nitrogen and oxygen atoms in total. The summed E-state index contributed by atoms with van der Waals surface area (Å²) in [5, 5.41) is -0.0373. The summed E-state index contributed by atoms with van der Waals surface area (Å²) in [6.07, 6.45) is 2.85. The zero-order valence-corrected chi connectivity index (χ0v) is 12.7. The Balaban J connectivity index is 2.35. The number of anilines is 1. The second-order valence-corrected chi connectivity index (χ2v) is 6.31. The first-order valence-corrected chi connectivity index (χ1v) is 7.54. The molecule has 1 N–H and O–H groups in total. The second kappa shape index (κ2) is 5.22. The predicted molar refractivity (Wildman–Crippen MR) is 74.7 cm³/mol. The molecule has 0 aliphatic rings. The Bertz CT molecular complexity index is 697. The molecule has 1 heterocycles. The van der Waals surface area contributed by atoms with E-state index in [0.29, 0.717) is 15.9 Å². The molecule has 1 aromatic carbocycles. The highest BCUT2D eigenvalue weighted by Crippen LogP contribution is 2.28. The maximum atomic E-state index is 12.1. The first-order valence-electron chi connectivity index (χ1n) is 5.27. The van der Waals surface area contributed by atoms with E-state index >= 15 is 0 Å². The van der Waals surface area contributed by atoms with E-state index in [4.69, 9.17) is 4.74 Å². The lowest BCUT2D eigenvalue weighted by Gasteiger charge is -2.09. The number of rotatable bonds is 4. The number of benzene rings is 1. The van der Waals surface area contributed by atoms with Crippen LogP contribution in [0.15, 0.2) is 40.2 Å². The fraction of sp³-hybridized carbons (Fsp3) is 0.182. The van der Waals surface area contributed by atoms with E-state index in [1.807, 2.05) is 0 Å². The molecule has 0 atom stereocenters. The maximum Gasteiger partial charge on any atom is 0.280 e. The number of imidazole rings is 1. The van der Waals surface area contributed by atoms with Crippen LogP contribution in [0.5, 0.6) is 5.75 Å². The standard InChI is InChI=1S/C11H12BrN3O3S/c1-15-6-11(13-7-15)19(16,17)14-10-5-8(18-2)3-4-9(10)12/h3-7,14H,1-2H3. The largest absolute Gasteiger partial charge is 0.497 e. The molecule has 0 unspecified atom stereocenters. The summed E-state index contributed by atoms with van der Waals surface area (Å²) in [7, 11) is -0.491. The van der Waals surface area contributed by atoms with E-state index in [2.05, 4.69) is 25.6 Å². The van der Waals surface area contributed by atoms with Gasteiger partial charge in [0.25, 0.3) is 10.0 Å². The van der Waals surface area contributed by atoms with E-state index < -0.39 is 10.0 Å². The molecule has 2 aromatic rings. The molecular weight excluding hydrogens is 334 g/mol. The van der Waals surface area contributed by atoms with Crippen molar-refractivity contribution in [3.05, 3.63) is 35.2 Å². The van der Waals surface area contributed by atoms with Gasteiger partial charge in [0, 0.05) is 23.8 Å². The SMILES string of the molecule is COc1ccc(Br)c(NS(=O)(=O)c2cn(C)cn2)c1. The van der Waals surface area contributed by atoms with Gasteiger partial charge in [0.1, 0.15) is 5.75 Å². The summed E-state index contributed by atoms with van der Waals surface area (Å²) < 4.78 is 33.9. The second-order valence-electron chi connectivity index (χ2n) is 3.83. The summed E-state index contributed by atoms with van der Waals surface area (Å²) in [6.45, 7) is 0. The van der Waals surface area contributed by atoms with Gasteiger partial charge in [-0.25, -0.2) is 4.98 Å². The van der Waals surface area contributed by atoms with Crippen molar-refractivity contribution in [2.75, 3.05) is 11.8 Å². The summed E-state index contributed by atoms with van der Waals surface area (Å²) in [6, 6.07) is 5.02. The Hall–Kier alpha value is -1.54. The first kappa shape index (κ1) is 13.9. The van der Waals surface area contributed by atoms with Gasteiger partial charge in [-0.05, 0) is 28.1 Å². The summed E-state index contributed by atoms with van der Waals surface area (Å²) in [5.41, 5.74) is 0.394. The molecule has 1 aromatic heterocycles. The van der Waals surface area contributed by atoms with Crippen LogP contribution >= 0.6 is 15.9 Å². The third-order valence-electron chi connectivity index (χ3n) is 2.37. The number of sulfonamides is 1. The van der Waals surface area contributed by atoms with Gasteiger partial charge in [-0.1, -0.05) is 0 Å². The number of hydrogen-bond acceptors (Lipinski definition) is 4. The molecule has 8 heteroatoms. The van der Waals surface area contributed by atoms with Gasteiger partial charge in [0.2, 0.25) is 0 Å². The van der Waals surface area contributed by atoms with E-state index in [1.54, 1.807) is 29.8 Å². The minimum atomic E-state index is -3.71. The number of methoxy groups -OCH3 is 1. The van der Waals surface area contributed by atoms with Gasteiger partial charge in [0.15, 0.2) is 5.03 Å². The molecule has 0 bridgehead atoms. The van der Waals surface area contributed by atoms with E-state index in [1.165, 1.54) is 19.6 Å². The smallest absolute Gasteiger partial charge is 0.280 e. The normalized spacial score (nSPS) is 11.3. The molecule has 2 rings (SSSR count). The van der Waals surface area contributed by atoms with Crippen molar-refractivity contribution >= 4 is 31.6 Å². The van der Waals surface area contributed by atoms with Gasteiger partial charge in [-0.2, -0.15) is 8.42 Å². The van der Waals surface area contributed by atoms with Crippen LogP contribution in [0.25, 0.3) is 0 Å². The molecule has 0 fully saturated rings. The van der Waals surface area contributed by atoms with Crippen LogP contribution in [0.1, 0.15) is 0 Å². The van der Waals surface area contributed by atoms with Crippen LogP contribution in [0.3, 0.4) is 0 Å². The molecule has 0 radical (unpaired) electrons. The van der Waals surface area contributed by atoms with Crippen LogP contribution in [0, 0.1) is 0 Å². The topological polar surface area (TPSA) is 73.2 Å². The summed E-state index contributed by atoms with van der Waals surface area (Å²) in [4.78, 5) is 3.82. The highest BCUT2D eigenvalue weighted by molar-refractivity contribution is 9.10. The van der Waals surface area contributed by atoms with Crippen molar-refractivity contribution in [3.63, 3.8) is 0 Å². The van der Waals surface area contributed by atoms with Gasteiger partial charge in [-0.3, -0.25) is 4.72 Å². The van der Waals surface area contributed by atoms with Gasteiger partial charge in [-0.15, -0.1) is 0 Å². The summed E-state index contributed by atoms with van der Waals surface area (Å²) in [5.74, 6) is 0.557. The minimum absolute atomic E-state index is 0.0373. The van der Waals surface area contributed by atoms with Crippen molar-refractivity contribution < 1.29 is 13.2 Å². The molecule has 0 aliphatic carbocycles. The Morgan fingerprint density at radius 1 is 1.42 bits per heavy atom. The maximum absolute atomic E-state index is 12.1. The Labute approximate surface area is 119 Å². The minimum Gasteiger partial charge on any atom is -0.497 e. The lowest BCUT2D eigenvalue weighted by atomic mass is 10.3. The Morgan fingerprint density at radius 3 is 2.74 bits per heavy atom. The van der Waals surface area contributed by atoms with Crippen LogP contribution in [-0.2, 0) is 17.1 Å². The Morgan fingerprint density at radius 2 is 2.16 bits per heavy atom. The molecular formula is C11H12BrN3O3S. The molecule has 0 saturated heterocycles. The third-order valence-corrected chi connectivity index (χ3v) is 4.32. The molecule has 0 aliphatic heterocycles. The number of nitrogens with one attached hydrogen (secondary N) is 1. The van der Waals surface area contributed by atoms with Crippen LogP contribution in [-0.4, -0.2) is 25.1 Å². The predicted octanol–water partition coefficient (Wildman–Crippen LogP) is 1.99. The van der Waals surface area contributed by atoms with Crippen LogP contribution < -0.4 is 9.46 Å². The number of aryl methyl sites for hydroxylation is 1. The van der Waals surface area contributed by atoms with E-state index in [9.17, 15) is 8.42 Å². The van der Waals surface area contributed by atoms with Crippen molar-refractivity contribution in [2.24, 2.45) is 7.05 Å². The molecule has 19 heavy (non-hydrogen) atoms. The van der Waals surface area contributed by atoms with Crippen molar-refractivity contribution in [2.45, 2.75) is 5.03 Å². The third kappa shape index (κ3) is 3.07. The lowest BCUT2D eigenvalue weighted by Crippen LogP contribution is -2.13. The fourth-order valence-corrected chi connectivity index (χ4v) is 2.97. The van der Waals surface area contributed by atoms with E-state index in [-0.39, 0.29) is 5.03 Å². The number of aromatic nitrogens is 2. The number of nitrogens with zero attached hydrogens (tertiary/aromatic N) is 2. The summed E-state index contributed by atoms with van der Waals surface area (Å²) >= 11 is 3.28. The first-order chi connectivity index (χ1) is 8.92. The zero-order valence-electron chi connectivity index (χ0n) is 10.3. The van der Waals surface area contributed by atoms with E-state index in [0.717, 1.165) is 0 Å². The fourth-order valence-electron chi connectivity index (χ4n) is 1.43. The van der Waals surface area contributed by atoms with Crippen molar-refractivity contribution in [1.82, 2.24) is 9.55 Å².